The van der Waals surface area contributed by atoms with Crippen molar-refractivity contribution in [2.75, 3.05) is 37.8 Å². The number of phosphoric acid groups is 3. The minimum atomic E-state index is -5.72. The number of hydrogen-bond acceptors (Lipinski definition) is 34. The molecule has 0 bridgehead atoms. The van der Waals surface area contributed by atoms with E-state index in [0.717, 1.165) is 31.1 Å². The van der Waals surface area contributed by atoms with E-state index in [4.69, 9.17) is 39.5 Å². The number of ether oxygens (including phenoxy) is 4. The Balaban J connectivity index is 1.21. The van der Waals surface area contributed by atoms with Gasteiger partial charge in [0.25, 0.3) is 0 Å². The number of hydrogen-bond donors (Lipinski definition) is 20. The molecule has 3 aliphatic heterocycles. The Labute approximate surface area is 650 Å². The Bertz CT molecular complexity index is 3680. The summed E-state index contributed by atoms with van der Waals surface area (Å²) in [6.45, 7) is 5.98. The van der Waals surface area contributed by atoms with Crippen LogP contribution in [0.2, 0.25) is 0 Å². The van der Waals surface area contributed by atoms with Crippen LogP contribution in [0.4, 0.5) is 5.82 Å². The van der Waals surface area contributed by atoms with Gasteiger partial charge in [0.15, 0.2) is 29.1 Å². The summed E-state index contributed by atoms with van der Waals surface area (Å²) in [6, 6.07) is -1.26. The molecular formula is C68H109N8O32P3S. The molecule has 2 aromatic heterocycles. The van der Waals surface area contributed by atoms with Crippen LogP contribution < -0.4 is 22.1 Å². The van der Waals surface area contributed by atoms with Crippen molar-refractivity contribution in [2.45, 2.75) is 234 Å². The van der Waals surface area contributed by atoms with Gasteiger partial charge in [-0.05, 0) is 52.4 Å². The molecule has 22 N–H and O–H groups in total. The molecule has 634 valence electrons. The van der Waals surface area contributed by atoms with E-state index in [0.29, 0.717) is 24.6 Å². The molecule has 25 atom stereocenters. The van der Waals surface area contributed by atoms with Gasteiger partial charge < -0.3 is 122 Å². The van der Waals surface area contributed by atoms with Gasteiger partial charge in [0.05, 0.1) is 105 Å². The van der Waals surface area contributed by atoms with Gasteiger partial charge in [-0.15, -0.1) is 0 Å². The van der Waals surface area contributed by atoms with E-state index in [9.17, 15) is 119 Å². The number of nitrogens with one attached hydrogen (secondary N) is 2. The largest absolute Gasteiger partial charge is 0.481 e. The zero-order chi connectivity index (χ0) is 83.6. The van der Waals surface area contributed by atoms with Crippen LogP contribution in [-0.2, 0) is 74.5 Å². The topological polar surface area (TPSA) is 654 Å². The average molecular weight is 1680 g/mol. The number of thioether (sulfide) groups is 1. The second kappa shape index (κ2) is 45.9. The van der Waals surface area contributed by atoms with Crippen molar-refractivity contribution in [2.24, 2.45) is 28.9 Å². The third-order valence-electron chi connectivity index (χ3n) is 18.4. The Hall–Kier alpha value is -5.38. The number of cyclic esters (lactones) is 1. The number of ketones is 1. The zero-order valence-corrected chi connectivity index (χ0v) is 66.1. The average Bonchev–Trinajstić information content (AvgIpc) is 1.61. The van der Waals surface area contributed by atoms with Crippen LogP contribution in [0, 0.1) is 23.2 Å². The Kier molecular flexibility index (Phi) is 39.9. The lowest BCUT2D eigenvalue weighted by atomic mass is 9.87. The summed E-state index contributed by atoms with van der Waals surface area (Å²) in [5.74, 6) is -6.58. The highest BCUT2D eigenvalue weighted by Gasteiger charge is 2.51. The first-order valence-corrected chi connectivity index (χ1v) is 41.6. The van der Waals surface area contributed by atoms with Crippen molar-refractivity contribution in [3.8, 4) is 0 Å². The maximum atomic E-state index is 14.2. The number of nitrogens with two attached hydrogens (primary N) is 2. The molecule has 40 nitrogen and oxygen atoms in total. The molecule has 2 saturated heterocycles. The molecule has 0 aliphatic carbocycles. The number of Topliss-reactive ketones (excluding diaryl/α,β-unsaturated/α-hetero) is 1. The number of nitrogens with zero attached hydrogens (tertiary/aromatic N) is 4. The number of esters is 1. The van der Waals surface area contributed by atoms with Crippen molar-refractivity contribution in [3.05, 3.63) is 85.6 Å². The van der Waals surface area contributed by atoms with E-state index < -0.39 is 244 Å². The number of carbonyl (C=O) groups is 5. The van der Waals surface area contributed by atoms with Crippen LogP contribution in [0.15, 0.2) is 85.6 Å². The number of allylic oxidation sites excluding steroid dienone is 10. The molecule has 5 heterocycles. The van der Waals surface area contributed by atoms with Crippen molar-refractivity contribution in [3.63, 3.8) is 0 Å². The molecule has 0 radical (unpaired) electrons. The number of aromatic nitrogens is 4. The fourth-order valence-corrected chi connectivity index (χ4v) is 15.6. The summed E-state index contributed by atoms with van der Waals surface area (Å²) >= 11 is 0.504. The second-order valence-corrected chi connectivity index (χ2v) is 33.6. The standard InChI is InChI=1S/C68H109N8O32P3S/c1-37-19-17-15-13-11-9-7-8-10-12-14-16-18-20-45(105-67-58(89)54(69)57(88)40(4)104-67)32-49(84)53(48(83)30-44(80)29-47(82)46(81)22-21-41(77)27-42(78)28-43(79)31-52(86)103-39(3)38(2)56(37)87)66(93)112-26-25-71-51(85)23-24-72-64(92)61(91)68(5,6)34-102-111(99,100)108-110(97,98)101-33-50-60(107-109(94,95)96)59(90)65(106-50)76-36-75-55-62(70)73-35-74-63(55)76/h7-8,10,12-20,35-43,45-50,53-54,56-61,65,67,77-79,81-84,87-91H,9,11,21-34,69H2,1-6H3,(H,71,85)(H,72,92)(H,97,98)(H,99,100)(H2,70,73,74)(H2,94,95,96)/b8-7+,12-10+,15-13+,16-14+,19-17+,20-18+/t37?,38?,39?,40-,41?,42?,43?,45?,46?,47?,48?,49?,50?,53?,54+,56?,57-,58+,59?,60?,61?,65?,67?/m1/s1. The number of rotatable bonds is 22. The van der Waals surface area contributed by atoms with Gasteiger partial charge in [-0.25, -0.2) is 28.6 Å². The van der Waals surface area contributed by atoms with E-state index in [2.05, 4.69) is 34.4 Å². The van der Waals surface area contributed by atoms with Gasteiger partial charge in [-0.1, -0.05) is 112 Å². The lowest BCUT2D eigenvalue weighted by Crippen LogP contribution is -2.61. The first kappa shape index (κ1) is 97.2. The van der Waals surface area contributed by atoms with Gasteiger partial charge in [0, 0.05) is 61.8 Å². The maximum absolute atomic E-state index is 14.2. The van der Waals surface area contributed by atoms with Crippen LogP contribution in [-0.4, -0.2) is 277 Å². The number of imidazole rings is 1. The van der Waals surface area contributed by atoms with Gasteiger partial charge in [0.1, 0.15) is 54.3 Å². The SMILES string of the molecule is CC1/C=C/C=C/CC/C=C/C=C/C=C/C=C/C(OC2O[C@H](C)[C@@H](O)[C@H](N)[C@@H]2O)CC(O)C(C(=O)SCCNC(=O)CCNC(=O)C(O)C(C)(C)COP(=O)(O)OP(=O)(O)OCC2OC(n3cnc4c(N)ncnc43)C(O)C2OP(=O)(O)O)C(O)CC(=O)CC(O)C(O)CCC(O)CC(O)CC(O)CC(=O)OC(C)C(C)C1O. The predicted octanol–water partition coefficient (Wildman–Crippen LogP) is -0.628. The lowest BCUT2D eigenvalue weighted by Gasteiger charge is -2.41. The molecule has 0 saturated carbocycles. The number of amides is 2. The zero-order valence-electron chi connectivity index (χ0n) is 62.6. The molecule has 0 spiro atoms. The number of aliphatic hydroxyl groups is 12. The minimum Gasteiger partial charge on any atom is -0.462 e. The molecule has 0 aromatic carbocycles. The Morgan fingerprint density at radius 1 is 0.696 bits per heavy atom. The van der Waals surface area contributed by atoms with E-state index in [1.807, 2.05) is 37.3 Å². The first-order valence-electron chi connectivity index (χ1n) is 36.0. The summed E-state index contributed by atoms with van der Waals surface area (Å²) in [4.78, 5) is 118. The number of carbonyl (C=O) groups excluding carboxylic acids is 5. The Morgan fingerprint density at radius 2 is 1.32 bits per heavy atom. The summed E-state index contributed by atoms with van der Waals surface area (Å²) in [5, 5.41) is 136. The number of nitrogen functional groups attached to an aromatic ring is 1. The lowest BCUT2D eigenvalue weighted by molar-refractivity contribution is -0.277. The summed E-state index contributed by atoms with van der Waals surface area (Å²) < 4.78 is 80.5. The number of fused-ring (bicyclic) bond motifs is 1. The normalized spacial score (nSPS) is 34.7. The number of phosphoric ester groups is 3. The highest BCUT2D eigenvalue weighted by Crippen LogP contribution is 2.61. The first-order chi connectivity index (χ1) is 52.4. The molecule has 44 heteroatoms. The van der Waals surface area contributed by atoms with Gasteiger partial charge >= 0.3 is 29.4 Å². The predicted molar refractivity (Wildman–Crippen MR) is 398 cm³/mol. The molecule has 2 amide bonds. The van der Waals surface area contributed by atoms with Crippen LogP contribution in [0.25, 0.3) is 11.2 Å². The van der Waals surface area contributed by atoms with Gasteiger partial charge in [-0.2, -0.15) is 4.31 Å². The highest BCUT2D eigenvalue weighted by molar-refractivity contribution is 8.13. The van der Waals surface area contributed by atoms with Crippen LogP contribution in [0.3, 0.4) is 0 Å². The quantitative estimate of drug-likeness (QED) is 0.0396. The van der Waals surface area contributed by atoms with E-state index in [-0.39, 0.29) is 60.9 Å². The smallest absolute Gasteiger partial charge is 0.462 e. The molecule has 21 unspecified atom stereocenters. The summed E-state index contributed by atoms with van der Waals surface area (Å²) in [6.07, 6.45) is -9.40. The van der Waals surface area contributed by atoms with Crippen LogP contribution in [0.1, 0.15) is 118 Å². The minimum absolute atomic E-state index is 0.0224. The van der Waals surface area contributed by atoms with Crippen molar-refractivity contribution in [1.82, 2.24) is 30.2 Å². The van der Waals surface area contributed by atoms with E-state index in [1.54, 1.807) is 44.2 Å². The van der Waals surface area contributed by atoms with Crippen molar-refractivity contribution >= 4 is 80.9 Å². The van der Waals surface area contributed by atoms with Crippen LogP contribution in [0.5, 0.6) is 0 Å². The highest BCUT2D eigenvalue weighted by atomic mass is 32.2. The van der Waals surface area contributed by atoms with E-state index in [1.165, 1.54) is 19.1 Å². The van der Waals surface area contributed by atoms with Crippen LogP contribution >= 0.6 is 35.2 Å². The van der Waals surface area contributed by atoms with E-state index >= 15 is 0 Å². The van der Waals surface area contributed by atoms with Gasteiger partial charge in [0.2, 0.25) is 11.8 Å². The Morgan fingerprint density at radius 3 is 2.00 bits per heavy atom. The fourth-order valence-electron chi connectivity index (χ4n) is 11.8. The molecule has 3 aliphatic rings. The summed E-state index contributed by atoms with van der Waals surface area (Å²) in [5.41, 5.74) is 10.1. The number of anilines is 1. The van der Waals surface area contributed by atoms with Gasteiger partial charge in [-0.3, -0.25) is 42.1 Å². The molecule has 5 rings (SSSR count). The molecule has 2 fully saturated rings. The molecule has 2 aromatic rings. The van der Waals surface area contributed by atoms with Crippen molar-refractivity contribution in [1.29, 1.82) is 0 Å². The number of aliphatic hydroxyl groups excluding tert-OH is 12. The third-order valence-corrected chi connectivity index (χ3v) is 22.5. The monoisotopic (exact) mass is 1670 g/mol. The second-order valence-electron chi connectivity index (χ2n) is 28.2. The fraction of sp³-hybridized carbons (Fsp3) is 0.676. The summed E-state index contributed by atoms with van der Waals surface area (Å²) in [7, 11) is -16.8. The van der Waals surface area contributed by atoms with Crippen molar-refractivity contribution < 1.29 is 155 Å². The molecular weight excluding hydrogens is 1570 g/mol. The molecule has 112 heavy (non-hydrogen) atoms. The maximum Gasteiger partial charge on any atom is 0.481 e. The third kappa shape index (κ3) is 32.3.